The van der Waals surface area contributed by atoms with E-state index in [4.69, 9.17) is 27.9 Å². The molecule has 0 bridgehead atoms. The van der Waals surface area contributed by atoms with E-state index in [1.165, 1.54) is 6.21 Å². The topological polar surface area (TPSA) is 79.4 Å². The fourth-order valence-electron chi connectivity index (χ4n) is 2.22. The zero-order valence-corrected chi connectivity index (χ0v) is 15.2. The molecule has 2 aromatic carbocycles. The lowest BCUT2D eigenvalue weighted by Gasteiger charge is -2.00. The van der Waals surface area contributed by atoms with E-state index in [0.29, 0.717) is 27.1 Å². The molecule has 0 radical (unpaired) electrons. The summed E-state index contributed by atoms with van der Waals surface area (Å²) in [4.78, 5) is 12.2. The number of rotatable bonds is 5. The zero-order valence-electron chi connectivity index (χ0n) is 13.7. The lowest BCUT2D eigenvalue weighted by atomic mass is 10.1. The highest BCUT2D eigenvalue weighted by Gasteiger charge is 2.12. The van der Waals surface area contributed by atoms with Crippen LogP contribution in [0.1, 0.15) is 16.1 Å². The summed E-state index contributed by atoms with van der Waals surface area (Å²) in [5.41, 5.74) is 4.70. The van der Waals surface area contributed by atoms with Gasteiger partial charge in [0.25, 0.3) is 5.91 Å². The molecule has 2 N–H and O–H groups in total. The molecule has 0 aliphatic carbocycles. The van der Waals surface area contributed by atoms with Gasteiger partial charge in [0.1, 0.15) is 11.4 Å². The maximum Gasteiger partial charge on any atom is 0.289 e. The van der Waals surface area contributed by atoms with Crippen molar-refractivity contribution in [3.05, 3.63) is 69.8 Å². The summed E-state index contributed by atoms with van der Waals surface area (Å²) in [6, 6.07) is 13.9. The van der Waals surface area contributed by atoms with E-state index in [0.717, 1.165) is 5.56 Å². The van der Waals surface area contributed by atoms with Crippen LogP contribution in [0.4, 0.5) is 0 Å². The summed E-state index contributed by atoms with van der Waals surface area (Å²) < 4.78 is 5.13. The number of hydrogen-bond donors (Lipinski definition) is 2. The molecule has 6 nitrogen and oxygen atoms in total. The summed E-state index contributed by atoms with van der Waals surface area (Å²) >= 11 is 12.0. The normalized spacial score (nSPS) is 10.9. The lowest BCUT2D eigenvalue weighted by Crippen LogP contribution is -2.18. The minimum absolute atomic E-state index is 0.258. The summed E-state index contributed by atoms with van der Waals surface area (Å²) in [6.07, 6.45) is 1.52. The highest BCUT2D eigenvalue weighted by atomic mass is 35.5. The van der Waals surface area contributed by atoms with Crippen LogP contribution in [-0.2, 0) is 0 Å². The van der Waals surface area contributed by atoms with E-state index < -0.39 is 5.91 Å². The average Bonchev–Trinajstić information content (AvgIpc) is 3.11. The third-order valence-corrected chi connectivity index (χ3v) is 4.05. The minimum atomic E-state index is -0.423. The van der Waals surface area contributed by atoms with Crippen molar-refractivity contribution in [3.8, 4) is 17.0 Å². The molecule has 0 spiro atoms. The van der Waals surface area contributed by atoms with E-state index in [9.17, 15) is 4.79 Å². The molecule has 0 aliphatic heterocycles. The third-order valence-electron chi connectivity index (χ3n) is 3.50. The van der Waals surface area contributed by atoms with Crippen LogP contribution in [0.5, 0.6) is 5.75 Å². The van der Waals surface area contributed by atoms with Crippen LogP contribution < -0.4 is 10.2 Å². The number of ether oxygens (including phenoxy) is 1. The second-order valence-corrected chi connectivity index (χ2v) is 6.11. The van der Waals surface area contributed by atoms with Gasteiger partial charge in [-0.1, -0.05) is 35.3 Å². The van der Waals surface area contributed by atoms with Crippen molar-refractivity contribution in [2.24, 2.45) is 5.10 Å². The van der Waals surface area contributed by atoms with Gasteiger partial charge < -0.3 is 4.74 Å². The summed E-state index contributed by atoms with van der Waals surface area (Å²) in [6.45, 7) is 0. The zero-order chi connectivity index (χ0) is 18.5. The van der Waals surface area contributed by atoms with E-state index in [1.807, 2.05) is 18.2 Å². The van der Waals surface area contributed by atoms with Crippen molar-refractivity contribution < 1.29 is 9.53 Å². The number of aromatic amines is 1. The molecule has 0 fully saturated rings. The number of H-pyrrole nitrogens is 1. The molecule has 0 saturated carbocycles. The largest absolute Gasteiger partial charge is 0.497 e. The Balaban J connectivity index is 1.69. The van der Waals surface area contributed by atoms with Gasteiger partial charge in [-0.25, -0.2) is 5.43 Å². The Hall–Kier alpha value is -2.83. The molecule has 3 aromatic rings. The molecule has 0 atom stereocenters. The van der Waals surface area contributed by atoms with E-state index in [1.54, 1.807) is 37.4 Å². The number of benzene rings is 2. The smallest absolute Gasteiger partial charge is 0.289 e. The van der Waals surface area contributed by atoms with Crippen LogP contribution in [0.3, 0.4) is 0 Å². The first-order valence-electron chi connectivity index (χ1n) is 7.55. The van der Waals surface area contributed by atoms with Crippen molar-refractivity contribution in [2.45, 2.75) is 0 Å². The number of halogens is 2. The highest BCUT2D eigenvalue weighted by Crippen LogP contribution is 2.29. The first-order valence-corrected chi connectivity index (χ1v) is 8.30. The molecule has 0 unspecified atom stereocenters. The molecule has 1 amide bonds. The molecule has 1 aromatic heterocycles. The van der Waals surface area contributed by atoms with Crippen LogP contribution in [0.2, 0.25) is 10.0 Å². The van der Waals surface area contributed by atoms with Gasteiger partial charge >= 0.3 is 0 Å². The molecular weight excluding hydrogens is 375 g/mol. The number of nitrogens with zero attached hydrogens (tertiary/aromatic N) is 2. The molecule has 3 rings (SSSR count). The van der Waals surface area contributed by atoms with Gasteiger partial charge in [0, 0.05) is 10.6 Å². The summed E-state index contributed by atoms with van der Waals surface area (Å²) in [7, 11) is 1.58. The lowest BCUT2D eigenvalue weighted by molar-refractivity contribution is 0.0950. The van der Waals surface area contributed by atoms with Gasteiger partial charge in [0.2, 0.25) is 0 Å². The Morgan fingerprint density at radius 3 is 2.85 bits per heavy atom. The number of hydrazone groups is 1. The van der Waals surface area contributed by atoms with Crippen LogP contribution in [-0.4, -0.2) is 29.4 Å². The highest BCUT2D eigenvalue weighted by molar-refractivity contribution is 6.36. The molecule has 132 valence electrons. The van der Waals surface area contributed by atoms with Crippen LogP contribution in [0.15, 0.2) is 53.6 Å². The van der Waals surface area contributed by atoms with Crippen LogP contribution in [0, 0.1) is 0 Å². The average molecular weight is 389 g/mol. The first kappa shape index (κ1) is 18.0. The van der Waals surface area contributed by atoms with Crippen molar-refractivity contribution in [1.82, 2.24) is 15.6 Å². The number of carbonyl (C=O) groups is 1. The molecule has 1 heterocycles. The van der Waals surface area contributed by atoms with Crippen molar-refractivity contribution in [2.75, 3.05) is 7.11 Å². The Labute approximate surface area is 159 Å². The van der Waals surface area contributed by atoms with Crippen molar-refractivity contribution in [3.63, 3.8) is 0 Å². The predicted octanol–water partition coefficient (Wildman–Crippen LogP) is 4.16. The maximum atomic E-state index is 12.2. The Morgan fingerprint density at radius 2 is 2.08 bits per heavy atom. The number of nitrogens with one attached hydrogen (secondary N) is 2. The van der Waals surface area contributed by atoms with Gasteiger partial charge in [-0.2, -0.15) is 10.2 Å². The first-order chi connectivity index (χ1) is 12.6. The Bertz CT molecular complexity index is 969. The Kier molecular flexibility index (Phi) is 5.55. The summed E-state index contributed by atoms with van der Waals surface area (Å²) in [5, 5.41) is 11.7. The number of carbonyl (C=O) groups excluding carboxylic acids is 1. The monoisotopic (exact) mass is 388 g/mol. The number of methoxy groups -OCH3 is 1. The molecule has 0 saturated heterocycles. The fraction of sp³-hybridized carbons (Fsp3) is 0.0556. The predicted molar refractivity (Wildman–Crippen MR) is 102 cm³/mol. The number of aromatic nitrogens is 2. The number of amides is 1. The van der Waals surface area contributed by atoms with Gasteiger partial charge in [0.05, 0.1) is 24.0 Å². The van der Waals surface area contributed by atoms with Crippen LogP contribution >= 0.6 is 23.2 Å². The van der Waals surface area contributed by atoms with Gasteiger partial charge in [-0.15, -0.1) is 0 Å². The minimum Gasteiger partial charge on any atom is -0.497 e. The molecular formula is C18H14Cl2N4O2. The maximum absolute atomic E-state index is 12.2. The fourth-order valence-corrected chi connectivity index (χ4v) is 2.73. The van der Waals surface area contributed by atoms with Crippen molar-refractivity contribution >= 4 is 35.3 Å². The Morgan fingerprint density at radius 1 is 1.23 bits per heavy atom. The number of hydrogen-bond acceptors (Lipinski definition) is 4. The standard InChI is InChI=1S/C18H14Cl2N4O2/c1-26-13-4-2-3-11(7-13)10-21-24-18(25)17-9-16(22-23-17)14-6-5-12(19)8-15(14)20/h2-10H,1H3,(H,22,23)(H,24,25). The second kappa shape index (κ2) is 8.03. The SMILES string of the molecule is COc1cccc(C=NNC(=O)c2cc(-c3ccc(Cl)cc3Cl)n[nH]2)c1. The van der Waals surface area contributed by atoms with E-state index in [-0.39, 0.29) is 5.69 Å². The molecule has 26 heavy (non-hydrogen) atoms. The second-order valence-electron chi connectivity index (χ2n) is 5.27. The molecule has 0 aliphatic rings. The third kappa shape index (κ3) is 4.22. The molecule has 8 heteroatoms. The quantitative estimate of drug-likeness (QED) is 0.508. The van der Waals surface area contributed by atoms with E-state index in [2.05, 4.69) is 20.7 Å². The van der Waals surface area contributed by atoms with Gasteiger partial charge in [-0.05, 0) is 42.0 Å². The van der Waals surface area contributed by atoms with Gasteiger partial charge in [-0.3, -0.25) is 9.89 Å². The van der Waals surface area contributed by atoms with Crippen molar-refractivity contribution in [1.29, 1.82) is 0 Å². The van der Waals surface area contributed by atoms with Crippen LogP contribution in [0.25, 0.3) is 11.3 Å². The van der Waals surface area contributed by atoms with E-state index >= 15 is 0 Å². The van der Waals surface area contributed by atoms with Gasteiger partial charge in [0.15, 0.2) is 0 Å². The summed E-state index contributed by atoms with van der Waals surface area (Å²) in [5.74, 6) is 0.284.